The Morgan fingerprint density at radius 3 is 2.75 bits per heavy atom. The van der Waals surface area contributed by atoms with Crippen molar-refractivity contribution < 1.29 is 0 Å². The van der Waals surface area contributed by atoms with Crippen LogP contribution >= 0.6 is 11.6 Å². The average Bonchev–Trinajstić information content (AvgIpc) is 3.31. The smallest absolute Gasteiger partial charge is 0.0476 e. The third-order valence-corrected chi connectivity index (χ3v) is 4.94. The van der Waals surface area contributed by atoms with Gasteiger partial charge in [-0.2, -0.15) is 0 Å². The van der Waals surface area contributed by atoms with Crippen molar-refractivity contribution in [1.29, 1.82) is 0 Å². The van der Waals surface area contributed by atoms with E-state index in [1.54, 1.807) is 5.54 Å². The maximum absolute atomic E-state index is 5.74. The molecule has 1 aliphatic heterocycles. The van der Waals surface area contributed by atoms with Crippen molar-refractivity contribution in [3.8, 4) is 0 Å². The van der Waals surface area contributed by atoms with E-state index in [4.69, 9.17) is 11.6 Å². The predicted molar refractivity (Wildman–Crippen MR) is 84.9 cm³/mol. The monoisotopic (exact) mass is 290 g/mol. The predicted octanol–water partition coefficient (Wildman–Crippen LogP) is 3.55. The van der Waals surface area contributed by atoms with Crippen molar-refractivity contribution in [3.63, 3.8) is 0 Å². The Morgan fingerprint density at radius 1 is 1.35 bits per heavy atom. The standard InChI is InChI=1S/C17H23ClN2/c1-17(15-8-9-15)13-20(11-5-10-18)16(12-19-17)14-6-3-2-4-7-14/h2-7,10,15-16,19H,8-9,11-13H2,1H3/b10-5+. The summed E-state index contributed by atoms with van der Waals surface area (Å²) in [6, 6.07) is 11.2. The van der Waals surface area contributed by atoms with Crippen LogP contribution in [0.25, 0.3) is 0 Å². The quantitative estimate of drug-likeness (QED) is 0.912. The molecule has 3 heteroatoms. The van der Waals surface area contributed by atoms with Gasteiger partial charge in [0.05, 0.1) is 0 Å². The lowest BCUT2D eigenvalue weighted by molar-refractivity contribution is 0.0854. The molecule has 2 unspecified atom stereocenters. The summed E-state index contributed by atoms with van der Waals surface area (Å²) in [6.07, 6.45) is 4.80. The van der Waals surface area contributed by atoms with Gasteiger partial charge in [-0.25, -0.2) is 0 Å². The molecule has 1 saturated carbocycles. The van der Waals surface area contributed by atoms with Crippen LogP contribution in [0, 0.1) is 5.92 Å². The first-order valence-electron chi connectivity index (χ1n) is 7.52. The van der Waals surface area contributed by atoms with E-state index >= 15 is 0 Å². The number of nitrogens with zero attached hydrogens (tertiary/aromatic N) is 1. The summed E-state index contributed by atoms with van der Waals surface area (Å²) in [4.78, 5) is 2.56. The SMILES string of the molecule is CC1(C2CC2)CN(C/C=C/Cl)C(c2ccccc2)CN1. The molecule has 2 fully saturated rings. The largest absolute Gasteiger partial charge is 0.308 e. The number of hydrogen-bond donors (Lipinski definition) is 1. The van der Waals surface area contributed by atoms with Crippen LogP contribution in [0.4, 0.5) is 0 Å². The van der Waals surface area contributed by atoms with E-state index in [0.717, 1.165) is 25.6 Å². The van der Waals surface area contributed by atoms with E-state index in [0.29, 0.717) is 6.04 Å². The molecule has 20 heavy (non-hydrogen) atoms. The molecule has 1 aliphatic carbocycles. The van der Waals surface area contributed by atoms with E-state index < -0.39 is 0 Å². The molecular formula is C17H23ClN2. The van der Waals surface area contributed by atoms with Gasteiger partial charge in [-0.05, 0) is 31.2 Å². The van der Waals surface area contributed by atoms with Crippen molar-refractivity contribution >= 4 is 11.6 Å². The molecule has 3 rings (SSSR count). The van der Waals surface area contributed by atoms with Crippen LogP contribution in [0.1, 0.15) is 31.4 Å². The third-order valence-electron chi connectivity index (χ3n) is 4.76. The second-order valence-electron chi connectivity index (χ2n) is 6.29. The van der Waals surface area contributed by atoms with Gasteiger partial charge in [-0.3, -0.25) is 4.90 Å². The van der Waals surface area contributed by atoms with E-state index in [-0.39, 0.29) is 5.54 Å². The maximum atomic E-state index is 5.74. The van der Waals surface area contributed by atoms with Gasteiger partial charge >= 0.3 is 0 Å². The van der Waals surface area contributed by atoms with Crippen molar-refractivity contribution in [2.24, 2.45) is 5.92 Å². The summed E-state index contributed by atoms with van der Waals surface area (Å²) in [5.74, 6) is 0.849. The minimum absolute atomic E-state index is 0.269. The molecule has 2 atom stereocenters. The van der Waals surface area contributed by atoms with Crippen LogP contribution in [0.3, 0.4) is 0 Å². The van der Waals surface area contributed by atoms with Crippen molar-refractivity contribution in [3.05, 3.63) is 47.5 Å². The van der Waals surface area contributed by atoms with Crippen molar-refractivity contribution in [2.75, 3.05) is 19.6 Å². The van der Waals surface area contributed by atoms with E-state index in [2.05, 4.69) is 53.5 Å². The fourth-order valence-corrected chi connectivity index (χ4v) is 3.49. The molecule has 0 radical (unpaired) electrons. The number of benzene rings is 1. The molecule has 1 heterocycles. The highest BCUT2D eigenvalue weighted by atomic mass is 35.5. The highest BCUT2D eigenvalue weighted by Crippen LogP contribution is 2.42. The number of rotatable bonds is 4. The first kappa shape index (κ1) is 14.1. The second kappa shape index (κ2) is 5.88. The van der Waals surface area contributed by atoms with Crippen LogP contribution in [-0.2, 0) is 0 Å². The topological polar surface area (TPSA) is 15.3 Å². The number of hydrogen-bond acceptors (Lipinski definition) is 2. The van der Waals surface area contributed by atoms with Crippen LogP contribution in [-0.4, -0.2) is 30.1 Å². The number of nitrogens with one attached hydrogen (secondary N) is 1. The Kier molecular flexibility index (Phi) is 4.16. The van der Waals surface area contributed by atoms with Crippen LogP contribution < -0.4 is 5.32 Å². The molecule has 2 aliphatic rings. The van der Waals surface area contributed by atoms with Gasteiger partial charge in [0.15, 0.2) is 0 Å². The lowest BCUT2D eigenvalue weighted by Crippen LogP contribution is -2.60. The lowest BCUT2D eigenvalue weighted by atomic mass is 9.89. The Balaban J connectivity index is 1.79. The van der Waals surface area contributed by atoms with Crippen LogP contribution in [0.15, 0.2) is 41.9 Å². The number of halogens is 1. The highest BCUT2D eigenvalue weighted by Gasteiger charge is 2.45. The zero-order valence-electron chi connectivity index (χ0n) is 12.1. The van der Waals surface area contributed by atoms with E-state index in [1.165, 1.54) is 18.4 Å². The van der Waals surface area contributed by atoms with Gasteiger partial charge < -0.3 is 5.32 Å². The first-order chi connectivity index (χ1) is 9.73. The summed E-state index contributed by atoms with van der Waals surface area (Å²) in [7, 11) is 0. The molecule has 1 saturated heterocycles. The molecule has 0 aromatic heterocycles. The second-order valence-corrected chi connectivity index (χ2v) is 6.54. The minimum Gasteiger partial charge on any atom is -0.308 e. The Hall–Kier alpha value is -0.830. The number of piperazine rings is 1. The summed E-state index contributed by atoms with van der Waals surface area (Å²) in [5.41, 5.74) is 3.30. The van der Waals surface area contributed by atoms with Gasteiger partial charge in [-0.15, -0.1) is 0 Å². The Bertz CT molecular complexity index is 469. The average molecular weight is 291 g/mol. The van der Waals surface area contributed by atoms with Gasteiger partial charge in [0.25, 0.3) is 0 Å². The fourth-order valence-electron chi connectivity index (χ4n) is 3.41. The molecular weight excluding hydrogens is 268 g/mol. The van der Waals surface area contributed by atoms with Gasteiger partial charge in [-0.1, -0.05) is 48.0 Å². The zero-order chi connectivity index (χ0) is 14.0. The summed E-state index contributed by atoms with van der Waals surface area (Å²) in [6.45, 7) is 5.42. The van der Waals surface area contributed by atoms with E-state index in [9.17, 15) is 0 Å². The Labute approximate surface area is 126 Å². The molecule has 0 amide bonds. The van der Waals surface area contributed by atoms with Crippen molar-refractivity contribution in [2.45, 2.75) is 31.3 Å². The lowest BCUT2D eigenvalue weighted by Gasteiger charge is -2.46. The highest BCUT2D eigenvalue weighted by molar-refractivity contribution is 6.25. The zero-order valence-corrected chi connectivity index (χ0v) is 12.8. The fraction of sp³-hybridized carbons (Fsp3) is 0.529. The van der Waals surface area contributed by atoms with Gasteiger partial charge in [0.2, 0.25) is 0 Å². The molecule has 0 bridgehead atoms. The third kappa shape index (κ3) is 2.93. The molecule has 108 valence electrons. The normalized spacial score (nSPS) is 31.8. The van der Waals surface area contributed by atoms with Crippen LogP contribution in [0.5, 0.6) is 0 Å². The molecule has 0 spiro atoms. The summed E-state index contributed by atoms with van der Waals surface area (Å²) in [5, 5.41) is 3.81. The minimum atomic E-state index is 0.269. The van der Waals surface area contributed by atoms with Crippen molar-refractivity contribution in [1.82, 2.24) is 10.2 Å². The maximum Gasteiger partial charge on any atom is 0.0476 e. The van der Waals surface area contributed by atoms with Crippen LogP contribution in [0.2, 0.25) is 0 Å². The van der Waals surface area contributed by atoms with Gasteiger partial charge in [0, 0.05) is 36.8 Å². The van der Waals surface area contributed by atoms with Gasteiger partial charge in [0.1, 0.15) is 0 Å². The molecule has 1 N–H and O–H groups in total. The molecule has 2 nitrogen and oxygen atoms in total. The summed E-state index contributed by atoms with van der Waals surface area (Å²) < 4.78 is 0. The van der Waals surface area contributed by atoms with E-state index in [1.807, 2.05) is 0 Å². The Morgan fingerprint density at radius 2 is 2.10 bits per heavy atom. The summed E-state index contributed by atoms with van der Waals surface area (Å²) >= 11 is 5.74. The molecule has 1 aromatic rings. The first-order valence-corrected chi connectivity index (χ1v) is 7.96. The molecule has 1 aromatic carbocycles.